The molecule has 2 heterocycles. The van der Waals surface area contributed by atoms with E-state index in [1.54, 1.807) is 35.2 Å². The summed E-state index contributed by atoms with van der Waals surface area (Å²) in [6.45, 7) is 0.876. The summed E-state index contributed by atoms with van der Waals surface area (Å²) in [6, 6.07) is 11.0. The van der Waals surface area contributed by atoms with Crippen molar-refractivity contribution in [3.05, 3.63) is 80.5 Å². The zero-order chi connectivity index (χ0) is 19.0. The molecule has 0 bridgehead atoms. The van der Waals surface area contributed by atoms with E-state index in [-0.39, 0.29) is 11.6 Å². The number of hydrogen-bond acceptors (Lipinski definition) is 5. The first kappa shape index (κ1) is 17.1. The second-order valence-electron chi connectivity index (χ2n) is 6.73. The van der Waals surface area contributed by atoms with Crippen molar-refractivity contribution in [2.45, 2.75) is 19.4 Å². The molecule has 0 aliphatic heterocycles. The van der Waals surface area contributed by atoms with E-state index in [9.17, 15) is 19.3 Å². The molecule has 1 aromatic carbocycles. The molecule has 1 aliphatic carbocycles. The number of fused-ring (bicyclic) bond motifs is 1. The summed E-state index contributed by atoms with van der Waals surface area (Å²) in [7, 11) is 0. The lowest BCUT2D eigenvalue weighted by Gasteiger charge is -2.23. The summed E-state index contributed by atoms with van der Waals surface area (Å²) in [5.74, 6) is 0.133. The highest BCUT2D eigenvalue weighted by Gasteiger charge is 2.32. The van der Waals surface area contributed by atoms with Crippen LogP contribution in [0, 0.1) is 21.8 Å². The monoisotopic (exact) mass is 368 g/mol. The van der Waals surface area contributed by atoms with Gasteiger partial charge in [-0.1, -0.05) is 18.2 Å². The van der Waals surface area contributed by atoms with Crippen molar-refractivity contribution in [1.29, 1.82) is 0 Å². The molecule has 8 heteroatoms. The van der Waals surface area contributed by atoms with Crippen molar-refractivity contribution in [3.63, 3.8) is 0 Å². The molecule has 0 saturated heterocycles. The molecule has 7 nitrogen and oxygen atoms in total. The first-order valence-electron chi connectivity index (χ1n) is 8.68. The van der Waals surface area contributed by atoms with Gasteiger partial charge in [0.25, 0.3) is 0 Å². The molecular formula is C19H17FN4O3. The quantitative estimate of drug-likeness (QED) is 0.493. The highest BCUT2D eigenvalue weighted by Crippen LogP contribution is 2.33. The number of hydrogen-bond donors (Lipinski definition) is 0. The first-order chi connectivity index (χ1) is 13.0. The number of benzene rings is 1. The van der Waals surface area contributed by atoms with Crippen molar-refractivity contribution >= 4 is 17.2 Å². The minimum Gasteiger partial charge on any atom is -0.346 e. The van der Waals surface area contributed by atoms with Crippen molar-refractivity contribution in [2.24, 2.45) is 5.92 Å². The molecule has 3 aromatic rings. The molecule has 1 aliphatic rings. The van der Waals surface area contributed by atoms with E-state index in [0.29, 0.717) is 24.7 Å². The number of rotatable bonds is 6. The number of pyridine rings is 1. The van der Waals surface area contributed by atoms with Crippen LogP contribution in [0.15, 0.2) is 53.5 Å². The summed E-state index contributed by atoms with van der Waals surface area (Å²) in [5.41, 5.74) is -0.105. The zero-order valence-corrected chi connectivity index (χ0v) is 14.4. The Labute approximate surface area is 153 Å². The maximum absolute atomic E-state index is 13.2. The molecule has 2 aromatic heterocycles. The fraction of sp³-hybridized carbons (Fsp3) is 0.263. The van der Waals surface area contributed by atoms with E-state index >= 15 is 0 Å². The van der Waals surface area contributed by atoms with Crippen LogP contribution >= 0.6 is 0 Å². The number of nitro groups is 1. The average molecular weight is 368 g/mol. The summed E-state index contributed by atoms with van der Waals surface area (Å²) >= 11 is 0. The Hall–Kier alpha value is -3.29. The summed E-state index contributed by atoms with van der Waals surface area (Å²) in [6.07, 6.45) is 3.55. The van der Waals surface area contributed by atoms with Crippen molar-refractivity contribution < 1.29 is 9.31 Å². The highest BCUT2D eigenvalue weighted by atomic mass is 19.1. The summed E-state index contributed by atoms with van der Waals surface area (Å²) < 4.78 is 14.4. The van der Waals surface area contributed by atoms with Crippen LogP contribution in [0.5, 0.6) is 0 Å². The predicted molar refractivity (Wildman–Crippen MR) is 98.3 cm³/mol. The predicted octanol–water partition coefficient (Wildman–Crippen LogP) is 3.16. The Morgan fingerprint density at radius 3 is 2.63 bits per heavy atom. The van der Waals surface area contributed by atoms with Gasteiger partial charge in [-0.3, -0.25) is 19.3 Å². The molecule has 4 rings (SSSR count). The van der Waals surface area contributed by atoms with Gasteiger partial charge < -0.3 is 4.90 Å². The van der Waals surface area contributed by atoms with Crippen LogP contribution < -0.4 is 10.5 Å². The normalized spacial score (nSPS) is 13.7. The smallest absolute Gasteiger partial charge is 0.346 e. The highest BCUT2D eigenvalue weighted by molar-refractivity contribution is 5.61. The van der Waals surface area contributed by atoms with Gasteiger partial charge in [-0.15, -0.1) is 0 Å². The minimum atomic E-state index is -0.708. The largest absolute Gasteiger partial charge is 0.376 e. The molecule has 0 unspecified atom stereocenters. The Bertz CT molecular complexity index is 1060. The fourth-order valence-corrected chi connectivity index (χ4v) is 3.10. The molecular weight excluding hydrogens is 351 g/mol. The van der Waals surface area contributed by atoms with E-state index in [0.717, 1.165) is 18.4 Å². The van der Waals surface area contributed by atoms with E-state index in [1.807, 2.05) is 0 Å². The van der Waals surface area contributed by atoms with Gasteiger partial charge >= 0.3 is 11.2 Å². The third-order valence-electron chi connectivity index (χ3n) is 4.64. The lowest BCUT2D eigenvalue weighted by Crippen LogP contribution is -2.30. The number of anilines is 1. The molecule has 0 N–H and O–H groups in total. The summed E-state index contributed by atoms with van der Waals surface area (Å²) in [5, 5.41) is 11.7. The van der Waals surface area contributed by atoms with Gasteiger partial charge in [-0.05, 0) is 48.6 Å². The van der Waals surface area contributed by atoms with Crippen LogP contribution in [0.3, 0.4) is 0 Å². The second kappa shape index (κ2) is 6.79. The van der Waals surface area contributed by atoms with Crippen LogP contribution in [0.1, 0.15) is 18.4 Å². The first-order valence-corrected chi connectivity index (χ1v) is 8.68. The van der Waals surface area contributed by atoms with Crippen molar-refractivity contribution in [3.8, 4) is 0 Å². The third-order valence-corrected chi connectivity index (χ3v) is 4.64. The third kappa shape index (κ3) is 3.51. The Balaban J connectivity index is 1.83. The van der Waals surface area contributed by atoms with Gasteiger partial charge in [0.05, 0.1) is 4.92 Å². The van der Waals surface area contributed by atoms with Gasteiger partial charge in [0, 0.05) is 19.3 Å². The van der Waals surface area contributed by atoms with Gasteiger partial charge in [-0.2, -0.15) is 0 Å². The maximum atomic E-state index is 13.2. The van der Waals surface area contributed by atoms with Gasteiger partial charge in [0.1, 0.15) is 11.5 Å². The van der Waals surface area contributed by atoms with Gasteiger partial charge in [-0.25, -0.2) is 9.37 Å². The lowest BCUT2D eigenvalue weighted by atomic mass is 10.2. The topological polar surface area (TPSA) is 80.8 Å². The van der Waals surface area contributed by atoms with Gasteiger partial charge in [0.2, 0.25) is 5.82 Å². The number of nitrogens with zero attached hydrogens (tertiary/aromatic N) is 4. The Kier molecular flexibility index (Phi) is 4.31. The van der Waals surface area contributed by atoms with E-state index in [4.69, 9.17) is 0 Å². The zero-order valence-electron chi connectivity index (χ0n) is 14.4. The lowest BCUT2D eigenvalue weighted by molar-refractivity contribution is -0.385. The molecule has 0 atom stereocenters. The Morgan fingerprint density at radius 2 is 1.96 bits per heavy atom. The van der Waals surface area contributed by atoms with Crippen LogP contribution in [0.25, 0.3) is 5.65 Å². The molecule has 0 radical (unpaired) electrons. The van der Waals surface area contributed by atoms with E-state index in [2.05, 4.69) is 4.98 Å². The van der Waals surface area contributed by atoms with Crippen molar-refractivity contribution in [2.75, 3.05) is 11.4 Å². The summed E-state index contributed by atoms with van der Waals surface area (Å²) in [4.78, 5) is 29.9. The number of aromatic nitrogens is 2. The number of halogens is 1. The average Bonchev–Trinajstić information content (AvgIpc) is 3.46. The maximum Gasteiger partial charge on any atom is 0.376 e. The van der Waals surface area contributed by atoms with Gasteiger partial charge in [0.15, 0.2) is 0 Å². The Morgan fingerprint density at radius 1 is 1.22 bits per heavy atom. The molecule has 1 fully saturated rings. The van der Waals surface area contributed by atoms with Crippen LogP contribution in [-0.2, 0) is 6.54 Å². The van der Waals surface area contributed by atoms with Crippen LogP contribution in [0.4, 0.5) is 15.9 Å². The van der Waals surface area contributed by atoms with Crippen LogP contribution in [-0.4, -0.2) is 20.9 Å². The molecule has 27 heavy (non-hydrogen) atoms. The fourth-order valence-electron chi connectivity index (χ4n) is 3.10. The van der Waals surface area contributed by atoms with E-state index in [1.165, 1.54) is 22.7 Å². The van der Waals surface area contributed by atoms with E-state index < -0.39 is 16.2 Å². The molecule has 138 valence electrons. The molecule has 0 amide bonds. The minimum absolute atomic E-state index is 0.0624. The van der Waals surface area contributed by atoms with Crippen molar-refractivity contribution in [1.82, 2.24) is 9.38 Å². The van der Waals surface area contributed by atoms with Crippen LogP contribution in [0.2, 0.25) is 0 Å². The second-order valence-corrected chi connectivity index (χ2v) is 6.73. The molecule has 0 spiro atoms. The molecule has 1 saturated carbocycles. The SMILES string of the molecule is O=c1c([N+](=O)[O-])c(N(Cc2ccc(F)cc2)CC2CC2)nc2ccccn12. The standard InChI is InChI=1S/C19H17FN4O3/c20-15-8-6-14(7-9-15)12-22(11-13-4-5-13)18-17(24(26)27)19(25)23-10-2-1-3-16(23)21-18/h1-3,6-10,13H,4-5,11-12H2.